The van der Waals surface area contributed by atoms with Gasteiger partial charge in [0.25, 0.3) is 10.2 Å². The molecule has 2 atom stereocenters. The lowest BCUT2D eigenvalue weighted by molar-refractivity contribution is 0.244. The molecule has 0 spiro atoms. The summed E-state index contributed by atoms with van der Waals surface area (Å²) in [6.45, 7) is 1.39. The third kappa shape index (κ3) is 4.32. The van der Waals surface area contributed by atoms with Gasteiger partial charge in [0, 0.05) is 30.9 Å². The van der Waals surface area contributed by atoms with Gasteiger partial charge in [-0.1, -0.05) is 6.42 Å². The van der Waals surface area contributed by atoms with E-state index in [1.165, 1.54) is 0 Å². The fourth-order valence-electron chi connectivity index (χ4n) is 2.84. The second kappa shape index (κ2) is 7.26. The van der Waals surface area contributed by atoms with Crippen LogP contribution in [-0.4, -0.2) is 56.4 Å². The largest absolute Gasteiger partial charge is 0.318 e. The van der Waals surface area contributed by atoms with Gasteiger partial charge in [-0.15, -0.1) is 0 Å². The molecule has 2 N–H and O–H groups in total. The molecule has 2 saturated heterocycles. The van der Waals surface area contributed by atoms with E-state index in [9.17, 15) is 8.42 Å². The van der Waals surface area contributed by atoms with Gasteiger partial charge in [-0.2, -0.15) is 29.2 Å². The Labute approximate surface area is 121 Å². The molecule has 2 rings (SSSR count). The third-order valence-corrected chi connectivity index (χ3v) is 6.74. The molecule has 19 heavy (non-hydrogen) atoms. The first-order valence-corrected chi connectivity index (χ1v) is 9.74. The molecule has 2 aliphatic rings. The number of nitrogens with one attached hydrogen (secondary N) is 2. The summed E-state index contributed by atoms with van der Waals surface area (Å²) in [4.78, 5) is 0. The van der Waals surface area contributed by atoms with Crippen LogP contribution in [0.2, 0.25) is 0 Å². The summed E-state index contributed by atoms with van der Waals surface area (Å²) in [5.74, 6) is 2.06. The van der Waals surface area contributed by atoms with Crippen LogP contribution in [0.15, 0.2) is 0 Å². The van der Waals surface area contributed by atoms with Gasteiger partial charge >= 0.3 is 0 Å². The van der Waals surface area contributed by atoms with Crippen LogP contribution in [0.1, 0.15) is 32.1 Å². The normalized spacial score (nSPS) is 30.4. The van der Waals surface area contributed by atoms with E-state index in [0.717, 1.165) is 50.2 Å². The highest BCUT2D eigenvalue weighted by Crippen LogP contribution is 2.22. The van der Waals surface area contributed by atoms with Crippen molar-refractivity contribution < 1.29 is 8.42 Å². The highest BCUT2D eigenvalue weighted by molar-refractivity contribution is 7.99. The molecule has 0 radical (unpaired) electrons. The molecule has 0 aromatic rings. The minimum atomic E-state index is -3.32. The van der Waals surface area contributed by atoms with Crippen molar-refractivity contribution in [3.05, 3.63) is 0 Å². The monoisotopic (exact) mass is 307 g/mol. The van der Waals surface area contributed by atoms with Crippen LogP contribution >= 0.6 is 11.8 Å². The van der Waals surface area contributed by atoms with Gasteiger partial charge < -0.3 is 5.32 Å². The van der Waals surface area contributed by atoms with E-state index in [-0.39, 0.29) is 12.1 Å². The Morgan fingerprint density at radius 2 is 2.11 bits per heavy atom. The molecule has 2 aliphatic heterocycles. The fraction of sp³-hybridized carbons (Fsp3) is 1.00. The third-order valence-electron chi connectivity index (χ3n) is 3.80. The first-order chi connectivity index (χ1) is 9.13. The van der Waals surface area contributed by atoms with Gasteiger partial charge in [-0.25, -0.2) is 0 Å². The SMILES string of the molecule is CNCC1CCCCN1S(=O)(=O)NC1CCCSC1. The highest BCUT2D eigenvalue weighted by atomic mass is 32.2. The van der Waals surface area contributed by atoms with Crippen molar-refractivity contribution in [2.45, 2.75) is 44.2 Å². The minimum absolute atomic E-state index is 0.104. The zero-order valence-electron chi connectivity index (χ0n) is 11.6. The van der Waals surface area contributed by atoms with E-state index in [1.807, 2.05) is 18.8 Å². The molecule has 0 bridgehead atoms. The predicted octanol–water partition coefficient (Wildman–Crippen LogP) is 0.790. The van der Waals surface area contributed by atoms with Gasteiger partial charge in [0.1, 0.15) is 0 Å². The summed E-state index contributed by atoms with van der Waals surface area (Å²) >= 11 is 1.84. The lowest BCUT2D eigenvalue weighted by atomic mass is 10.1. The van der Waals surface area contributed by atoms with Crippen molar-refractivity contribution in [3.63, 3.8) is 0 Å². The van der Waals surface area contributed by atoms with Crippen molar-refractivity contribution in [2.75, 3.05) is 31.6 Å². The Bertz CT molecular complexity index is 367. The summed E-state index contributed by atoms with van der Waals surface area (Å²) < 4.78 is 29.6. The molecule has 0 saturated carbocycles. The van der Waals surface area contributed by atoms with Crippen molar-refractivity contribution in [1.29, 1.82) is 0 Å². The van der Waals surface area contributed by atoms with Gasteiger partial charge in [-0.05, 0) is 38.5 Å². The number of piperidine rings is 1. The Morgan fingerprint density at radius 3 is 2.79 bits per heavy atom. The van der Waals surface area contributed by atoms with Crippen LogP contribution in [0.5, 0.6) is 0 Å². The van der Waals surface area contributed by atoms with Gasteiger partial charge in [0.2, 0.25) is 0 Å². The summed E-state index contributed by atoms with van der Waals surface area (Å²) in [5.41, 5.74) is 0. The summed E-state index contributed by atoms with van der Waals surface area (Å²) in [5, 5.41) is 3.11. The predicted molar refractivity (Wildman–Crippen MR) is 80.7 cm³/mol. The van der Waals surface area contributed by atoms with Gasteiger partial charge in [0.05, 0.1) is 0 Å². The number of rotatable bonds is 5. The van der Waals surface area contributed by atoms with Crippen molar-refractivity contribution in [3.8, 4) is 0 Å². The molecule has 5 nitrogen and oxygen atoms in total. The fourth-order valence-corrected chi connectivity index (χ4v) is 5.72. The molecule has 2 fully saturated rings. The summed E-state index contributed by atoms with van der Waals surface area (Å²) in [6, 6.07) is 0.216. The van der Waals surface area contributed by atoms with Gasteiger partial charge in [-0.3, -0.25) is 0 Å². The average molecular weight is 307 g/mol. The standard InChI is InChI=1S/C12H25N3O2S2/c1-13-9-12-6-2-3-7-15(12)19(16,17)14-11-5-4-8-18-10-11/h11-14H,2-10H2,1H3. The van der Waals surface area contributed by atoms with E-state index >= 15 is 0 Å². The van der Waals surface area contributed by atoms with Gasteiger partial charge in [0.15, 0.2) is 0 Å². The van der Waals surface area contributed by atoms with Crippen LogP contribution in [0.3, 0.4) is 0 Å². The molecule has 0 aromatic heterocycles. The maximum atomic E-state index is 12.5. The number of likely N-dealkylation sites (N-methyl/N-ethyl adjacent to an activating group) is 1. The Hall–Kier alpha value is 0.180. The summed E-state index contributed by atoms with van der Waals surface area (Å²) in [6.07, 6.45) is 5.13. The average Bonchev–Trinajstić information content (AvgIpc) is 2.40. The maximum Gasteiger partial charge on any atom is 0.280 e. The van der Waals surface area contributed by atoms with Crippen LogP contribution in [-0.2, 0) is 10.2 Å². The zero-order chi connectivity index (χ0) is 13.7. The Kier molecular flexibility index (Phi) is 5.95. The lowest BCUT2D eigenvalue weighted by Crippen LogP contribution is -2.54. The minimum Gasteiger partial charge on any atom is -0.318 e. The molecule has 112 valence electrons. The number of hydrogen-bond donors (Lipinski definition) is 2. The molecule has 2 unspecified atom stereocenters. The van der Waals surface area contributed by atoms with Crippen LogP contribution < -0.4 is 10.0 Å². The molecular weight excluding hydrogens is 282 g/mol. The second-order valence-corrected chi connectivity index (χ2v) is 8.16. The first kappa shape index (κ1) is 15.6. The van der Waals surface area contributed by atoms with Crippen molar-refractivity contribution in [1.82, 2.24) is 14.3 Å². The van der Waals surface area contributed by atoms with E-state index in [4.69, 9.17) is 0 Å². The number of nitrogens with zero attached hydrogens (tertiary/aromatic N) is 1. The zero-order valence-corrected chi connectivity index (χ0v) is 13.2. The smallest absolute Gasteiger partial charge is 0.280 e. The lowest BCUT2D eigenvalue weighted by Gasteiger charge is -2.36. The first-order valence-electron chi connectivity index (χ1n) is 7.15. The van der Waals surface area contributed by atoms with Crippen molar-refractivity contribution in [2.24, 2.45) is 0 Å². The summed E-state index contributed by atoms with van der Waals surface area (Å²) in [7, 11) is -1.44. The van der Waals surface area contributed by atoms with E-state index in [2.05, 4.69) is 10.0 Å². The quantitative estimate of drug-likeness (QED) is 0.788. The maximum absolute atomic E-state index is 12.5. The van der Waals surface area contributed by atoms with Crippen LogP contribution in [0.25, 0.3) is 0 Å². The molecule has 0 amide bonds. The molecule has 2 heterocycles. The van der Waals surface area contributed by atoms with Crippen LogP contribution in [0, 0.1) is 0 Å². The van der Waals surface area contributed by atoms with Crippen LogP contribution in [0.4, 0.5) is 0 Å². The van der Waals surface area contributed by atoms with E-state index < -0.39 is 10.2 Å². The van der Waals surface area contributed by atoms with E-state index in [0.29, 0.717) is 6.54 Å². The second-order valence-electron chi connectivity index (χ2n) is 5.35. The number of thioether (sulfide) groups is 1. The van der Waals surface area contributed by atoms with Crippen molar-refractivity contribution >= 4 is 22.0 Å². The molecule has 0 aromatic carbocycles. The van der Waals surface area contributed by atoms with E-state index in [1.54, 1.807) is 4.31 Å². The molecule has 7 heteroatoms. The topological polar surface area (TPSA) is 61.4 Å². The molecule has 0 aliphatic carbocycles. The number of hydrogen-bond acceptors (Lipinski definition) is 4. The highest BCUT2D eigenvalue weighted by Gasteiger charge is 2.33. The Morgan fingerprint density at radius 1 is 1.26 bits per heavy atom. The Balaban J connectivity index is 1.99. The molecular formula is C12H25N3O2S2.